The number of nitrogens with zero attached hydrogens (tertiary/aromatic N) is 2. The molecule has 0 atom stereocenters. The number of carbonyl (C=O) groups is 2. The van der Waals surface area contributed by atoms with E-state index in [0.29, 0.717) is 11.4 Å². The van der Waals surface area contributed by atoms with Crippen molar-refractivity contribution >= 4 is 29.1 Å². The average molecular weight is 398 g/mol. The predicted octanol–water partition coefficient (Wildman–Crippen LogP) is 2.76. The molecule has 1 N–H and O–H groups in total. The Labute approximate surface area is 170 Å². The highest BCUT2D eigenvalue weighted by Gasteiger charge is 2.24. The highest BCUT2D eigenvalue weighted by atomic mass is 35.5. The van der Waals surface area contributed by atoms with E-state index in [-0.39, 0.29) is 18.2 Å². The lowest BCUT2D eigenvalue weighted by atomic mass is 10.1. The number of amides is 2. The van der Waals surface area contributed by atoms with E-state index in [2.05, 4.69) is 34.5 Å². The molecule has 2 aromatic rings. The number of carbonyl (C=O) groups excluding carboxylic acids is 2. The molecule has 2 aliphatic rings. The van der Waals surface area contributed by atoms with Crippen molar-refractivity contribution in [2.24, 2.45) is 0 Å². The maximum absolute atomic E-state index is 12.7. The molecule has 2 amide bonds. The van der Waals surface area contributed by atoms with Gasteiger partial charge >= 0.3 is 0 Å². The number of hydrogen-bond acceptors (Lipinski definition) is 3. The Morgan fingerprint density at radius 1 is 1.07 bits per heavy atom. The molecular formula is C22H24ClN3O2. The molecule has 0 bridgehead atoms. The normalized spacial score (nSPS) is 16.8. The van der Waals surface area contributed by atoms with E-state index in [4.69, 9.17) is 11.6 Å². The Hall–Kier alpha value is -2.37. The van der Waals surface area contributed by atoms with Crippen LogP contribution >= 0.6 is 11.6 Å². The molecule has 0 spiro atoms. The van der Waals surface area contributed by atoms with Crippen molar-refractivity contribution in [2.75, 3.05) is 38.0 Å². The highest BCUT2D eigenvalue weighted by molar-refractivity contribution is 6.32. The van der Waals surface area contributed by atoms with Crippen LogP contribution in [0, 0.1) is 0 Å². The van der Waals surface area contributed by atoms with Gasteiger partial charge in [0.05, 0.1) is 12.8 Å². The van der Waals surface area contributed by atoms with Gasteiger partial charge in [-0.15, -0.1) is 0 Å². The summed E-state index contributed by atoms with van der Waals surface area (Å²) in [7, 11) is 0. The van der Waals surface area contributed by atoms with Crippen LogP contribution < -0.4 is 5.32 Å². The molecule has 4 rings (SSSR count). The fourth-order valence-corrected chi connectivity index (χ4v) is 4.11. The number of benzene rings is 2. The van der Waals surface area contributed by atoms with Crippen LogP contribution in [0.4, 0.5) is 5.69 Å². The third-order valence-corrected chi connectivity index (χ3v) is 5.88. The standard InChI is InChI=1S/C22H24ClN3O2/c23-19-12-18-14-21(27)24-20(18)13-17(19)15-22(28)26-10-8-25(9-11-26)7-6-16-4-2-1-3-5-16/h1-5,12-13H,6-11,14-15H2,(H,24,27). The van der Waals surface area contributed by atoms with Gasteiger partial charge in [0.15, 0.2) is 0 Å². The Morgan fingerprint density at radius 3 is 2.57 bits per heavy atom. The van der Waals surface area contributed by atoms with Gasteiger partial charge in [-0.2, -0.15) is 0 Å². The fraction of sp³-hybridized carbons (Fsp3) is 0.364. The van der Waals surface area contributed by atoms with E-state index in [1.165, 1.54) is 5.56 Å². The summed E-state index contributed by atoms with van der Waals surface area (Å²) in [4.78, 5) is 28.6. The lowest BCUT2D eigenvalue weighted by Gasteiger charge is -2.35. The topological polar surface area (TPSA) is 52.7 Å². The van der Waals surface area contributed by atoms with E-state index >= 15 is 0 Å². The summed E-state index contributed by atoms with van der Waals surface area (Å²) in [5, 5.41) is 3.38. The van der Waals surface area contributed by atoms with Crippen molar-refractivity contribution in [2.45, 2.75) is 19.3 Å². The van der Waals surface area contributed by atoms with E-state index in [9.17, 15) is 9.59 Å². The molecular weight excluding hydrogens is 374 g/mol. The summed E-state index contributed by atoms with van der Waals surface area (Å²) in [6.45, 7) is 4.29. The van der Waals surface area contributed by atoms with Crippen molar-refractivity contribution in [1.29, 1.82) is 0 Å². The lowest BCUT2D eigenvalue weighted by Crippen LogP contribution is -2.49. The molecule has 5 nitrogen and oxygen atoms in total. The molecule has 2 aliphatic heterocycles. The van der Waals surface area contributed by atoms with Crippen LogP contribution in [0.2, 0.25) is 5.02 Å². The minimum Gasteiger partial charge on any atom is -0.340 e. The number of piperazine rings is 1. The largest absolute Gasteiger partial charge is 0.340 e. The number of fused-ring (bicyclic) bond motifs is 1. The summed E-state index contributed by atoms with van der Waals surface area (Å²) in [5.41, 5.74) is 3.81. The third-order valence-electron chi connectivity index (χ3n) is 5.52. The van der Waals surface area contributed by atoms with Gasteiger partial charge in [-0.1, -0.05) is 41.9 Å². The van der Waals surface area contributed by atoms with Gasteiger partial charge < -0.3 is 10.2 Å². The van der Waals surface area contributed by atoms with Gasteiger partial charge in [0.2, 0.25) is 11.8 Å². The summed E-state index contributed by atoms with van der Waals surface area (Å²) in [5.74, 6) is 0.0649. The molecule has 1 saturated heterocycles. The molecule has 0 aromatic heterocycles. The zero-order valence-electron chi connectivity index (χ0n) is 15.8. The minimum atomic E-state index is -0.0267. The number of rotatable bonds is 5. The van der Waals surface area contributed by atoms with Crippen molar-refractivity contribution in [1.82, 2.24) is 9.80 Å². The number of hydrogen-bond donors (Lipinski definition) is 1. The van der Waals surface area contributed by atoms with Crippen LogP contribution in [0.3, 0.4) is 0 Å². The first kappa shape index (κ1) is 19.0. The third kappa shape index (κ3) is 4.37. The van der Waals surface area contributed by atoms with Crippen LogP contribution in [0.1, 0.15) is 16.7 Å². The zero-order chi connectivity index (χ0) is 19.5. The molecule has 2 heterocycles. The Balaban J connectivity index is 1.29. The first-order chi connectivity index (χ1) is 13.6. The predicted molar refractivity (Wildman–Crippen MR) is 111 cm³/mol. The van der Waals surface area contributed by atoms with Crippen molar-refractivity contribution < 1.29 is 9.59 Å². The lowest BCUT2D eigenvalue weighted by molar-refractivity contribution is -0.132. The van der Waals surface area contributed by atoms with Gasteiger partial charge in [0.1, 0.15) is 0 Å². The van der Waals surface area contributed by atoms with Crippen LogP contribution in [0.15, 0.2) is 42.5 Å². The van der Waals surface area contributed by atoms with Gasteiger partial charge in [-0.05, 0) is 35.2 Å². The molecule has 6 heteroatoms. The first-order valence-corrected chi connectivity index (χ1v) is 10.1. The number of anilines is 1. The van der Waals surface area contributed by atoms with Crippen molar-refractivity contribution in [3.8, 4) is 0 Å². The van der Waals surface area contributed by atoms with E-state index in [1.807, 2.05) is 17.0 Å². The molecule has 146 valence electrons. The zero-order valence-corrected chi connectivity index (χ0v) is 16.5. The molecule has 0 saturated carbocycles. The van der Waals surface area contributed by atoms with Gasteiger partial charge in [0, 0.05) is 43.4 Å². The second-order valence-corrected chi connectivity index (χ2v) is 7.87. The monoisotopic (exact) mass is 397 g/mol. The Bertz CT molecular complexity index is 877. The van der Waals surface area contributed by atoms with Crippen molar-refractivity contribution in [3.63, 3.8) is 0 Å². The highest BCUT2D eigenvalue weighted by Crippen LogP contribution is 2.30. The SMILES string of the molecule is O=C1Cc2cc(Cl)c(CC(=O)N3CCN(CCc4ccccc4)CC3)cc2N1. The quantitative estimate of drug-likeness (QED) is 0.844. The average Bonchev–Trinajstić information content (AvgIpc) is 3.06. The maximum atomic E-state index is 12.7. The van der Waals surface area contributed by atoms with Gasteiger partial charge in [0.25, 0.3) is 0 Å². The van der Waals surface area contributed by atoms with Crippen LogP contribution in [0.25, 0.3) is 0 Å². The molecule has 1 fully saturated rings. The summed E-state index contributed by atoms with van der Waals surface area (Å²) in [6.07, 6.45) is 1.66. The molecule has 28 heavy (non-hydrogen) atoms. The van der Waals surface area contributed by atoms with Crippen LogP contribution in [0.5, 0.6) is 0 Å². The number of halogens is 1. The molecule has 0 aliphatic carbocycles. The molecule has 0 unspecified atom stereocenters. The fourth-order valence-electron chi connectivity index (χ4n) is 3.85. The van der Waals surface area contributed by atoms with Gasteiger partial charge in [-0.25, -0.2) is 0 Å². The molecule has 0 radical (unpaired) electrons. The first-order valence-electron chi connectivity index (χ1n) is 9.74. The number of nitrogens with one attached hydrogen (secondary N) is 1. The van der Waals surface area contributed by atoms with E-state index in [1.54, 1.807) is 6.07 Å². The Kier molecular flexibility index (Phi) is 5.64. The summed E-state index contributed by atoms with van der Waals surface area (Å²) >= 11 is 6.34. The molecule has 2 aromatic carbocycles. The summed E-state index contributed by atoms with van der Waals surface area (Å²) < 4.78 is 0. The Morgan fingerprint density at radius 2 is 1.82 bits per heavy atom. The van der Waals surface area contributed by atoms with Gasteiger partial charge in [-0.3, -0.25) is 14.5 Å². The minimum absolute atomic E-state index is 0.0267. The second-order valence-electron chi connectivity index (χ2n) is 7.46. The smallest absolute Gasteiger partial charge is 0.228 e. The summed E-state index contributed by atoms with van der Waals surface area (Å²) in [6, 6.07) is 14.1. The van der Waals surface area contributed by atoms with E-state index < -0.39 is 0 Å². The second kappa shape index (κ2) is 8.33. The van der Waals surface area contributed by atoms with Crippen LogP contribution in [-0.2, 0) is 28.9 Å². The maximum Gasteiger partial charge on any atom is 0.228 e. The van der Waals surface area contributed by atoms with E-state index in [0.717, 1.165) is 56.0 Å². The van der Waals surface area contributed by atoms with Crippen molar-refractivity contribution in [3.05, 3.63) is 64.2 Å². The van der Waals surface area contributed by atoms with Crippen LogP contribution in [-0.4, -0.2) is 54.3 Å².